The smallest absolute Gasteiger partial charge is 0.241 e. The molecule has 0 aliphatic carbocycles. The molecular weight excluding hydrogens is 319 g/mol. The minimum atomic E-state index is -3.88. The number of carbonyl (C=O) groups is 1. The van der Waals surface area contributed by atoms with E-state index in [9.17, 15) is 17.6 Å². The van der Waals surface area contributed by atoms with E-state index in [4.69, 9.17) is 0 Å². The van der Waals surface area contributed by atoms with Crippen molar-refractivity contribution in [3.8, 4) is 0 Å². The molecule has 23 heavy (non-hydrogen) atoms. The molecule has 0 radical (unpaired) electrons. The topological polar surface area (TPSA) is 75.3 Å². The van der Waals surface area contributed by atoms with E-state index in [0.717, 1.165) is 29.8 Å². The van der Waals surface area contributed by atoms with Gasteiger partial charge in [-0.25, -0.2) is 12.8 Å². The van der Waals surface area contributed by atoms with Crippen molar-refractivity contribution >= 4 is 15.9 Å². The molecule has 7 heteroatoms. The SMILES string of the molecule is C[C@@H](NS(=O)(=O)c1ccc(F)cc1)C(=O)NCc1ccccc1. The standard InChI is InChI=1S/C16H17FN2O3S/c1-12(16(20)18-11-13-5-3-2-4-6-13)19-23(21,22)15-9-7-14(17)8-10-15/h2-10,12,19H,11H2,1H3,(H,18,20)/t12-/m1/s1. The van der Waals surface area contributed by atoms with Crippen molar-refractivity contribution in [1.82, 2.24) is 10.0 Å². The first-order valence-corrected chi connectivity index (χ1v) is 8.46. The van der Waals surface area contributed by atoms with Gasteiger partial charge < -0.3 is 5.32 Å². The van der Waals surface area contributed by atoms with Gasteiger partial charge in [-0.05, 0) is 36.8 Å². The molecule has 0 fully saturated rings. The fraction of sp³-hybridized carbons (Fsp3) is 0.188. The predicted molar refractivity (Wildman–Crippen MR) is 84.5 cm³/mol. The van der Waals surface area contributed by atoms with E-state index >= 15 is 0 Å². The Balaban J connectivity index is 1.96. The molecule has 0 bridgehead atoms. The van der Waals surface area contributed by atoms with Gasteiger partial charge in [-0.1, -0.05) is 30.3 Å². The van der Waals surface area contributed by atoms with Crippen molar-refractivity contribution in [2.24, 2.45) is 0 Å². The lowest BCUT2D eigenvalue weighted by molar-refractivity contribution is -0.122. The quantitative estimate of drug-likeness (QED) is 0.845. The Morgan fingerprint density at radius 1 is 1.09 bits per heavy atom. The second kappa shape index (κ2) is 7.34. The fourth-order valence-electron chi connectivity index (χ4n) is 1.91. The molecule has 0 aromatic heterocycles. The maximum Gasteiger partial charge on any atom is 0.241 e. The molecule has 122 valence electrons. The lowest BCUT2D eigenvalue weighted by Gasteiger charge is -2.14. The van der Waals surface area contributed by atoms with Crippen molar-refractivity contribution in [2.75, 3.05) is 0 Å². The molecule has 2 aromatic rings. The number of benzene rings is 2. The number of carbonyl (C=O) groups excluding carboxylic acids is 1. The molecule has 1 amide bonds. The number of halogens is 1. The Bertz CT molecular complexity index is 762. The van der Waals surface area contributed by atoms with Crippen LogP contribution in [0, 0.1) is 5.82 Å². The van der Waals surface area contributed by atoms with Crippen LogP contribution in [-0.4, -0.2) is 20.4 Å². The zero-order valence-corrected chi connectivity index (χ0v) is 13.3. The van der Waals surface area contributed by atoms with Gasteiger partial charge in [0.25, 0.3) is 0 Å². The number of amides is 1. The fourth-order valence-corrected chi connectivity index (χ4v) is 3.11. The first-order chi connectivity index (χ1) is 10.9. The summed E-state index contributed by atoms with van der Waals surface area (Å²) < 4.78 is 39.4. The highest BCUT2D eigenvalue weighted by molar-refractivity contribution is 7.89. The van der Waals surface area contributed by atoms with Crippen LogP contribution >= 0.6 is 0 Å². The van der Waals surface area contributed by atoms with Gasteiger partial charge in [0.15, 0.2) is 0 Å². The zero-order chi connectivity index (χ0) is 16.9. The van der Waals surface area contributed by atoms with Gasteiger partial charge in [-0.3, -0.25) is 4.79 Å². The summed E-state index contributed by atoms with van der Waals surface area (Å²) in [6.07, 6.45) is 0. The third kappa shape index (κ3) is 4.87. The third-order valence-corrected chi connectivity index (χ3v) is 4.72. The first kappa shape index (κ1) is 17.1. The third-order valence-electron chi connectivity index (χ3n) is 3.16. The Kier molecular flexibility index (Phi) is 5.46. The molecule has 5 nitrogen and oxygen atoms in total. The van der Waals surface area contributed by atoms with Gasteiger partial charge in [0, 0.05) is 6.54 Å². The van der Waals surface area contributed by atoms with Gasteiger partial charge in [0.1, 0.15) is 5.82 Å². The molecule has 0 saturated carbocycles. The monoisotopic (exact) mass is 336 g/mol. The van der Waals surface area contributed by atoms with E-state index in [1.54, 1.807) is 0 Å². The molecule has 2 aromatic carbocycles. The molecule has 0 saturated heterocycles. The van der Waals surface area contributed by atoms with Crippen LogP contribution in [0.5, 0.6) is 0 Å². The van der Waals surface area contributed by atoms with Gasteiger partial charge in [-0.2, -0.15) is 4.72 Å². The van der Waals surface area contributed by atoms with Gasteiger partial charge in [-0.15, -0.1) is 0 Å². The molecule has 2 rings (SSSR count). The molecule has 2 N–H and O–H groups in total. The maximum atomic E-state index is 12.8. The van der Waals surface area contributed by atoms with Crippen LogP contribution in [0.25, 0.3) is 0 Å². The summed E-state index contributed by atoms with van der Waals surface area (Å²) in [7, 11) is -3.88. The normalized spacial score (nSPS) is 12.6. The molecule has 0 aliphatic rings. The van der Waals surface area contributed by atoms with E-state index in [1.165, 1.54) is 6.92 Å². The van der Waals surface area contributed by atoms with Gasteiger partial charge in [0.05, 0.1) is 10.9 Å². The second-order valence-electron chi connectivity index (χ2n) is 5.00. The van der Waals surface area contributed by atoms with Crippen molar-refractivity contribution in [1.29, 1.82) is 0 Å². The average molecular weight is 336 g/mol. The summed E-state index contributed by atoms with van der Waals surface area (Å²) in [4.78, 5) is 11.9. The molecule has 0 spiro atoms. The summed E-state index contributed by atoms with van der Waals surface area (Å²) in [5.74, 6) is -0.975. The zero-order valence-electron chi connectivity index (χ0n) is 12.5. The first-order valence-electron chi connectivity index (χ1n) is 6.98. The summed E-state index contributed by atoms with van der Waals surface area (Å²) in [5, 5.41) is 2.66. The predicted octanol–water partition coefficient (Wildman–Crippen LogP) is 1.81. The van der Waals surface area contributed by atoms with Crippen molar-refractivity contribution < 1.29 is 17.6 Å². The lowest BCUT2D eigenvalue weighted by atomic mass is 10.2. The highest BCUT2D eigenvalue weighted by atomic mass is 32.2. The van der Waals surface area contributed by atoms with Crippen molar-refractivity contribution in [2.45, 2.75) is 24.4 Å². The van der Waals surface area contributed by atoms with Crippen molar-refractivity contribution in [3.05, 3.63) is 66.0 Å². The van der Waals surface area contributed by atoms with Gasteiger partial charge in [0.2, 0.25) is 15.9 Å². The van der Waals surface area contributed by atoms with Crippen LogP contribution in [0.2, 0.25) is 0 Å². The van der Waals surface area contributed by atoms with E-state index < -0.39 is 27.8 Å². The highest BCUT2D eigenvalue weighted by Crippen LogP contribution is 2.10. The molecule has 1 atom stereocenters. The molecule has 0 aliphatic heterocycles. The number of hydrogen-bond donors (Lipinski definition) is 2. The van der Waals surface area contributed by atoms with Crippen molar-refractivity contribution in [3.63, 3.8) is 0 Å². The van der Waals surface area contributed by atoms with E-state index in [-0.39, 0.29) is 4.90 Å². The minimum absolute atomic E-state index is 0.0957. The molecular formula is C16H17FN2O3S. The van der Waals surface area contributed by atoms with Crippen LogP contribution in [0.3, 0.4) is 0 Å². The minimum Gasteiger partial charge on any atom is -0.351 e. The molecule has 0 unspecified atom stereocenters. The van der Waals surface area contributed by atoms with Gasteiger partial charge >= 0.3 is 0 Å². The Morgan fingerprint density at radius 3 is 2.30 bits per heavy atom. The van der Waals surface area contributed by atoms with Crippen LogP contribution in [-0.2, 0) is 21.4 Å². The van der Waals surface area contributed by atoms with Crippen LogP contribution in [0.15, 0.2) is 59.5 Å². The Hall–Kier alpha value is -2.25. The summed E-state index contributed by atoms with van der Waals surface area (Å²) in [6, 6.07) is 12.7. The van der Waals surface area contributed by atoms with Crippen LogP contribution in [0.1, 0.15) is 12.5 Å². The second-order valence-corrected chi connectivity index (χ2v) is 6.71. The summed E-state index contributed by atoms with van der Waals surface area (Å²) in [5.41, 5.74) is 0.912. The maximum absolute atomic E-state index is 12.8. The Labute approximate surface area is 134 Å². The van der Waals surface area contributed by atoms with E-state index in [2.05, 4.69) is 10.0 Å². The van der Waals surface area contributed by atoms with Crippen LogP contribution < -0.4 is 10.0 Å². The summed E-state index contributed by atoms with van der Waals surface area (Å²) >= 11 is 0. The molecule has 0 heterocycles. The number of sulfonamides is 1. The summed E-state index contributed by atoms with van der Waals surface area (Å²) in [6.45, 7) is 1.75. The number of rotatable bonds is 6. The lowest BCUT2D eigenvalue weighted by Crippen LogP contribution is -2.44. The van der Waals surface area contributed by atoms with E-state index in [0.29, 0.717) is 6.54 Å². The highest BCUT2D eigenvalue weighted by Gasteiger charge is 2.21. The number of nitrogens with one attached hydrogen (secondary N) is 2. The van der Waals surface area contributed by atoms with E-state index in [1.807, 2.05) is 30.3 Å². The Morgan fingerprint density at radius 2 is 1.70 bits per heavy atom. The van der Waals surface area contributed by atoms with Crippen LogP contribution in [0.4, 0.5) is 4.39 Å². The number of hydrogen-bond acceptors (Lipinski definition) is 3. The largest absolute Gasteiger partial charge is 0.351 e. The average Bonchev–Trinajstić information content (AvgIpc) is 2.53.